The molecule has 21 heavy (non-hydrogen) atoms. The molecule has 2 aromatic rings. The van der Waals surface area contributed by atoms with Gasteiger partial charge in [-0.15, -0.1) is 0 Å². The van der Waals surface area contributed by atoms with E-state index in [0.717, 1.165) is 35.9 Å². The molecule has 0 aliphatic carbocycles. The molecule has 0 saturated carbocycles. The van der Waals surface area contributed by atoms with E-state index in [1.165, 1.54) is 5.70 Å². The number of benzene rings is 1. The fourth-order valence-corrected chi connectivity index (χ4v) is 3.55. The summed E-state index contributed by atoms with van der Waals surface area (Å²) in [7, 11) is 0. The van der Waals surface area contributed by atoms with Crippen molar-refractivity contribution in [3.63, 3.8) is 0 Å². The Morgan fingerprint density at radius 1 is 1.33 bits per heavy atom. The SMILES string of the molecule is O=C1CN2CC[C@@H]1C/C2=C/c1ccnc2c(Cl)cccc12. The van der Waals surface area contributed by atoms with E-state index in [1.807, 2.05) is 24.3 Å². The molecule has 3 fully saturated rings. The molecule has 3 nitrogen and oxygen atoms in total. The molecule has 0 radical (unpaired) electrons. The summed E-state index contributed by atoms with van der Waals surface area (Å²) in [6.07, 6.45) is 5.85. The minimum absolute atomic E-state index is 0.220. The van der Waals surface area contributed by atoms with E-state index in [4.69, 9.17) is 11.6 Å². The number of ketones is 1. The lowest BCUT2D eigenvalue weighted by Gasteiger charge is -2.41. The van der Waals surface area contributed by atoms with Crippen LogP contribution in [-0.4, -0.2) is 28.8 Å². The maximum atomic E-state index is 11.8. The predicted octanol–water partition coefficient (Wildman–Crippen LogP) is 3.52. The highest BCUT2D eigenvalue weighted by atomic mass is 35.5. The van der Waals surface area contributed by atoms with Gasteiger partial charge in [-0.3, -0.25) is 9.78 Å². The van der Waals surface area contributed by atoms with Crippen molar-refractivity contribution < 1.29 is 4.79 Å². The Hall–Kier alpha value is -1.87. The summed E-state index contributed by atoms with van der Waals surface area (Å²) in [5.41, 5.74) is 3.22. The summed E-state index contributed by atoms with van der Waals surface area (Å²) in [4.78, 5) is 18.4. The standard InChI is InChI=1S/C17H15ClN2O/c18-15-3-1-2-14-11(4-6-19-17(14)15)8-13-9-12-5-7-20(13)10-16(12)21/h1-4,6,8,12H,5,7,9-10H2/b13-8-/t12-/m1/s1. The van der Waals surface area contributed by atoms with Gasteiger partial charge in [-0.05, 0) is 36.6 Å². The number of nitrogens with zero attached hydrogens (tertiary/aromatic N) is 2. The Morgan fingerprint density at radius 2 is 2.24 bits per heavy atom. The number of pyridine rings is 1. The fourth-order valence-electron chi connectivity index (χ4n) is 3.33. The molecule has 1 aromatic carbocycles. The summed E-state index contributed by atoms with van der Waals surface area (Å²) in [6, 6.07) is 7.86. The minimum atomic E-state index is 0.220. The number of allylic oxidation sites excluding steroid dienone is 1. The lowest BCUT2D eigenvalue weighted by atomic mass is 9.84. The monoisotopic (exact) mass is 298 g/mol. The fraction of sp³-hybridized carbons (Fsp3) is 0.294. The Kier molecular flexibility index (Phi) is 2.96. The number of para-hydroxylation sites is 1. The summed E-state index contributed by atoms with van der Waals surface area (Å²) in [5.74, 6) is 0.610. The molecule has 4 heteroatoms. The molecule has 3 saturated heterocycles. The van der Waals surface area contributed by atoms with Crippen molar-refractivity contribution in [2.75, 3.05) is 13.1 Å². The number of fused-ring (bicyclic) bond motifs is 4. The number of halogens is 1. The van der Waals surface area contributed by atoms with E-state index >= 15 is 0 Å². The van der Waals surface area contributed by atoms with Crippen molar-refractivity contribution in [2.24, 2.45) is 5.92 Å². The summed E-state index contributed by atoms with van der Waals surface area (Å²) in [5, 5.41) is 1.74. The molecule has 5 rings (SSSR count). The van der Waals surface area contributed by atoms with Gasteiger partial charge >= 0.3 is 0 Å². The van der Waals surface area contributed by atoms with Gasteiger partial charge in [0.2, 0.25) is 0 Å². The highest BCUT2D eigenvalue weighted by Crippen LogP contribution is 2.34. The van der Waals surface area contributed by atoms with Crippen LogP contribution in [0.5, 0.6) is 0 Å². The van der Waals surface area contributed by atoms with Gasteiger partial charge in [0.05, 0.1) is 17.1 Å². The Bertz CT molecular complexity index is 768. The molecule has 4 heterocycles. The van der Waals surface area contributed by atoms with Crippen LogP contribution in [0.15, 0.2) is 36.2 Å². The van der Waals surface area contributed by atoms with E-state index < -0.39 is 0 Å². The van der Waals surface area contributed by atoms with Gasteiger partial charge in [-0.1, -0.05) is 23.7 Å². The Morgan fingerprint density at radius 3 is 3.00 bits per heavy atom. The third-order valence-electron chi connectivity index (χ3n) is 4.49. The van der Waals surface area contributed by atoms with Crippen LogP contribution in [0.1, 0.15) is 18.4 Å². The average Bonchev–Trinajstić information content (AvgIpc) is 2.50. The first-order valence-corrected chi connectivity index (χ1v) is 7.61. The van der Waals surface area contributed by atoms with Gasteiger partial charge in [0.1, 0.15) is 0 Å². The number of carbonyl (C=O) groups is 1. The van der Waals surface area contributed by atoms with Crippen LogP contribution in [0.2, 0.25) is 5.02 Å². The van der Waals surface area contributed by atoms with Crippen molar-refractivity contribution in [3.05, 3.63) is 46.7 Å². The Balaban J connectivity index is 1.80. The summed E-state index contributed by atoms with van der Waals surface area (Å²) in [6.45, 7) is 1.56. The predicted molar refractivity (Wildman–Crippen MR) is 84.0 cm³/mol. The molecule has 0 spiro atoms. The maximum absolute atomic E-state index is 11.8. The second-order valence-corrected chi connectivity index (χ2v) is 6.16. The van der Waals surface area contributed by atoms with Gasteiger partial charge in [0, 0.05) is 29.7 Å². The number of hydrogen-bond acceptors (Lipinski definition) is 3. The van der Waals surface area contributed by atoms with Gasteiger partial charge in [0.15, 0.2) is 5.78 Å². The topological polar surface area (TPSA) is 33.2 Å². The summed E-state index contributed by atoms with van der Waals surface area (Å²) >= 11 is 6.22. The zero-order valence-corrected chi connectivity index (χ0v) is 12.3. The third kappa shape index (κ3) is 2.12. The highest BCUT2D eigenvalue weighted by molar-refractivity contribution is 6.35. The van der Waals surface area contributed by atoms with Crippen LogP contribution in [0.25, 0.3) is 17.0 Å². The van der Waals surface area contributed by atoms with Crippen LogP contribution in [0.3, 0.4) is 0 Å². The molecular formula is C17H15ClN2O. The van der Waals surface area contributed by atoms with E-state index in [2.05, 4.69) is 16.0 Å². The van der Waals surface area contributed by atoms with Crippen molar-refractivity contribution >= 4 is 34.4 Å². The van der Waals surface area contributed by atoms with E-state index in [1.54, 1.807) is 6.20 Å². The molecule has 0 N–H and O–H groups in total. The van der Waals surface area contributed by atoms with Crippen molar-refractivity contribution in [2.45, 2.75) is 12.8 Å². The molecule has 1 aromatic heterocycles. The van der Waals surface area contributed by atoms with Crippen molar-refractivity contribution in [1.82, 2.24) is 9.88 Å². The first-order chi connectivity index (χ1) is 10.2. The number of piperidine rings is 3. The second kappa shape index (κ2) is 4.85. The average molecular weight is 299 g/mol. The number of Topliss-reactive ketones (excluding diaryl/α,β-unsaturated/α-hetero) is 1. The Labute approximate surface area is 128 Å². The van der Waals surface area contributed by atoms with Gasteiger partial charge in [-0.25, -0.2) is 0 Å². The molecule has 106 valence electrons. The molecular weight excluding hydrogens is 284 g/mol. The van der Waals surface area contributed by atoms with Gasteiger partial charge < -0.3 is 4.90 Å². The molecule has 3 aliphatic heterocycles. The molecule has 1 atom stereocenters. The maximum Gasteiger partial charge on any atom is 0.155 e. The second-order valence-electron chi connectivity index (χ2n) is 5.75. The molecule has 3 aliphatic rings. The quantitative estimate of drug-likeness (QED) is 0.807. The molecule has 2 bridgehead atoms. The highest BCUT2D eigenvalue weighted by Gasteiger charge is 2.35. The van der Waals surface area contributed by atoms with E-state index in [9.17, 15) is 4.79 Å². The molecule has 0 unspecified atom stereocenters. The van der Waals surface area contributed by atoms with E-state index in [0.29, 0.717) is 17.4 Å². The number of aromatic nitrogens is 1. The smallest absolute Gasteiger partial charge is 0.155 e. The van der Waals surface area contributed by atoms with Crippen LogP contribution in [-0.2, 0) is 4.79 Å². The van der Waals surface area contributed by atoms with E-state index in [-0.39, 0.29) is 5.92 Å². The molecule has 0 amide bonds. The third-order valence-corrected chi connectivity index (χ3v) is 4.79. The normalized spacial score (nSPS) is 23.3. The zero-order valence-electron chi connectivity index (χ0n) is 11.6. The number of hydrogen-bond donors (Lipinski definition) is 0. The minimum Gasteiger partial charge on any atom is -0.367 e. The lowest BCUT2D eigenvalue weighted by molar-refractivity contribution is -0.128. The first-order valence-electron chi connectivity index (χ1n) is 7.24. The van der Waals surface area contributed by atoms with Crippen molar-refractivity contribution in [1.29, 1.82) is 0 Å². The first kappa shape index (κ1) is 12.8. The lowest BCUT2D eigenvalue weighted by Crippen LogP contribution is -2.46. The number of rotatable bonds is 1. The van der Waals surface area contributed by atoms with Crippen molar-refractivity contribution in [3.8, 4) is 0 Å². The van der Waals surface area contributed by atoms with Crippen LogP contribution >= 0.6 is 11.6 Å². The largest absolute Gasteiger partial charge is 0.367 e. The number of carbonyl (C=O) groups excluding carboxylic acids is 1. The van der Waals surface area contributed by atoms with Crippen LogP contribution in [0.4, 0.5) is 0 Å². The van der Waals surface area contributed by atoms with Crippen LogP contribution < -0.4 is 0 Å². The van der Waals surface area contributed by atoms with Crippen LogP contribution in [0, 0.1) is 5.92 Å². The van der Waals surface area contributed by atoms with Gasteiger partial charge in [0.25, 0.3) is 0 Å². The van der Waals surface area contributed by atoms with Gasteiger partial charge in [-0.2, -0.15) is 0 Å². The summed E-state index contributed by atoms with van der Waals surface area (Å²) < 4.78 is 0. The zero-order chi connectivity index (χ0) is 14.4.